The van der Waals surface area contributed by atoms with Crippen molar-refractivity contribution in [3.8, 4) is 0 Å². The molecule has 0 amide bonds. The molecule has 1 N–H and O–H groups in total. The molecule has 1 saturated heterocycles. The fourth-order valence-electron chi connectivity index (χ4n) is 2.18. The second-order valence-electron chi connectivity index (χ2n) is 4.22. The first-order valence-electron chi connectivity index (χ1n) is 5.69. The Morgan fingerprint density at radius 3 is 2.50 bits per heavy atom. The average Bonchev–Trinajstić information content (AvgIpc) is 2.35. The molecule has 2 rings (SSSR count). The molecular formula is C12H16Cl2F2N2. The summed E-state index contributed by atoms with van der Waals surface area (Å²) in [6, 6.07) is 2.18. The van der Waals surface area contributed by atoms with Gasteiger partial charge in [-0.25, -0.2) is 8.78 Å². The quantitative estimate of drug-likeness (QED) is 0.844. The third kappa shape index (κ3) is 3.12. The van der Waals surface area contributed by atoms with Crippen LogP contribution in [-0.2, 0) is 0 Å². The Morgan fingerprint density at radius 1 is 1.28 bits per heavy atom. The van der Waals surface area contributed by atoms with E-state index in [1.54, 1.807) is 0 Å². The number of nitrogens with zero attached hydrogens (tertiary/aromatic N) is 1. The molecule has 0 aliphatic carbocycles. The molecule has 1 heterocycles. The summed E-state index contributed by atoms with van der Waals surface area (Å²) in [5.41, 5.74) is 0.0689. The normalized spacial score (nSPS) is 18.2. The van der Waals surface area contributed by atoms with E-state index in [9.17, 15) is 8.78 Å². The number of nitrogens with one attached hydrogen (secondary N) is 1. The Kier molecular flexibility index (Phi) is 5.79. The smallest absolute Gasteiger partial charge is 0.149 e. The second-order valence-corrected chi connectivity index (χ2v) is 4.63. The first-order valence-corrected chi connectivity index (χ1v) is 6.07. The fraction of sp³-hybridized carbons (Fsp3) is 0.500. The van der Waals surface area contributed by atoms with Crippen LogP contribution < -0.4 is 5.32 Å². The number of hydrogen-bond donors (Lipinski definition) is 1. The highest BCUT2D eigenvalue weighted by molar-refractivity contribution is 6.30. The van der Waals surface area contributed by atoms with Gasteiger partial charge in [-0.3, -0.25) is 4.90 Å². The highest BCUT2D eigenvalue weighted by Crippen LogP contribution is 2.29. The highest BCUT2D eigenvalue weighted by atomic mass is 35.5. The lowest BCUT2D eigenvalue weighted by molar-refractivity contribution is 0.179. The molecule has 2 nitrogen and oxygen atoms in total. The van der Waals surface area contributed by atoms with E-state index in [2.05, 4.69) is 5.32 Å². The lowest BCUT2D eigenvalue weighted by Crippen LogP contribution is -2.44. The van der Waals surface area contributed by atoms with Crippen LogP contribution in [0.25, 0.3) is 0 Å². The molecule has 0 aromatic heterocycles. The summed E-state index contributed by atoms with van der Waals surface area (Å²) in [5.74, 6) is -1.17. The standard InChI is InChI=1S/C12H15ClF2N2.ClH/c1-8(17-6-4-16-5-7-17)11-10(14)3-2-9(13)12(11)15;/h2-3,8,16H,4-7H2,1H3;1H/t8-;/m0./s1. The SMILES string of the molecule is C[C@@H](c1c(F)ccc(Cl)c1F)N1CCNCC1.Cl. The predicted octanol–water partition coefficient (Wildman–Crippen LogP) is 3.01. The number of halogens is 4. The van der Waals surface area contributed by atoms with Gasteiger partial charge in [0.25, 0.3) is 0 Å². The molecule has 1 atom stereocenters. The average molecular weight is 297 g/mol. The minimum Gasteiger partial charge on any atom is -0.314 e. The minimum absolute atomic E-state index is 0. The molecule has 1 aliphatic rings. The molecule has 1 aliphatic heterocycles. The van der Waals surface area contributed by atoms with Crippen LogP contribution in [0.4, 0.5) is 8.78 Å². The maximum absolute atomic E-state index is 13.9. The molecule has 0 spiro atoms. The van der Waals surface area contributed by atoms with Crippen LogP contribution in [0.1, 0.15) is 18.5 Å². The van der Waals surface area contributed by atoms with Crippen LogP contribution >= 0.6 is 24.0 Å². The predicted molar refractivity (Wildman–Crippen MR) is 71.5 cm³/mol. The van der Waals surface area contributed by atoms with Gasteiger partial charge in [0.2, 0.25) is 0 Å². The molecule has 1 aromatic rings. The van der Waals surface area contributed by atoms with Gasteiger partial charge in [0.1, 0.15) is 11.6 Å². The number of hydrogen-bond acceptors (Lipinski definition) is 2. The number of benzene rings is 1. The molecule has 0 bridgehead atoms. The van der Waals surface area contributed by atoms with Crippen molar-refractivity contribution in [3.63, 3.8) is 0 Å². The molecule has 0 saturated carbocycles. The minimum atomic E-state index is -0.641. The third-order valence-corrected chi connectivity index (χ3v) is 3.49. The molecular weight excluding hydrogens is 281 g/mol. The molecule has 102 valence electrons. The van der Waals surface area contributed by atoms with Crippen molar-refractivity contribution in [1.29, 1.82) is 0 Å². The van der Waals surface area contributed by atoms with Crippen molar-refractivity contribution in [2.75, 3.05) is 26.2 Å². The number of piperazine rings is 1. The van der Waals surface area contributed by atoms with E-state index in [0.717, 1.165) is 26.2 Å². The second kappa shape index (κ2) is 6.66. The van der Waals surface area contributed by atoms with Gasteiger partial charge >= 0.3 is 0 Å². The van der Waals surface area contributed by atoms with Crippen molar-refractivity contribution in [2.24, 2.45) is 0 Å². The lowest BCUT2D eigenvalue weighted by Gasteiger charge is -2.33. The Balaban J connectivity index is 0.00000162. The van der Waals surface area contributed by atoms with E-state index in [4.69, 9.17) is 11.6 Å². The van der Waals surface area contributed by atoms with Crippen molar-refractivity contribution >= 4 is 24.0 Å². The van der Waals surface area contributed by atoms with Crippen molar-refractivity contribution in [3.05, 3.63) is 34.4 Å². The van der Waals surface area contributed by atoms with Crippen molar-refractivity contribution < 1.29 is 8.78 Å². The van der Waals surface area contributed by atoms with Gasteiger partial charge < -0.3 is 5.32 Å². The van der Waals surface area contributed by atoms with E-state index in [1.165, 1.54) is 12.1 Å². The maximum atomic E-state index is 13.9. The summed E-state index contributed by atoms with van der Waals surface area (Å²) in [7, 11) is 0. The van der Waals surface area contributed by atoms with Gasteiger partial charge in [-0.15, -0.1) is 12.4 Å². The van der Waals surface area contributed by atoms with E-state index in [0.29, 0.717) is 0 Å². The maximum Gasteiger partial charge on any atom is 0.149 e. The van der Waals surface area contributed by atoms with Gasteiger partial charge in [0.15, 0.2) is 0 Å². The summed E-state index contributed by atoms with van der Waals surface area (Å²) in [5, 5.41) is 3.18. The Morgan fingerprint density at radius 2 is 1.89 bits per heavy atom. The van der Waals surface area contributed by atoms with E-state index in [-0.39, 0.29) is 29.0 Å². The molecule has 1 fully saturated rings. The van der Waals surface area contributed by atoms with Gasteiger partial charge in [-0.1, -0.05) is 11.6 Å². The van der Waals surface area contributed by atoms with Gasteiger partial charge in [-0.05, 0) is 19.1 Å². The summed E-state index contributed by atoms with van der Waals surface area (Å²) in [6.45, 7) is 5.06. The van der Waals surface area contributed by atoms with Crippen LogP contribution in [0.15, 0.2) is 12.1 Å². The largest absolute Gasteiger partial charge is 0.314 e. The first-order chi connectivity index (χ1) is 8.11. The van der Waals surface area contributed by atoms with E-state index in [1.807, 2.05) is 11.8 Å². The summed E-state index contributed by atoms with van der Waals surface area (Å²) >= 11 is 5.70. The third-order valence-electron chi connectivity index (χ3n) is 3.20. The first kappa shape index (κ1) is 15.6. The molecule has 18 heavy (non-hydrogen) atoms. The zero-order chi connectivity index (χ0) is 12.4. The van der Waals surface area contributed by atoms with Crippen LogP contribution in [0, 0.1) is 11.6 Å². The van der Waals surface area contributed by atoms with Crippen LogP contribution in [0.2, 0.25) is 5.02 Å². The van der Waals surface area contributed by atoms with Crippen LogP contribution in [0.5, 0.6) is 0 Å². The van der Waals surface area contributed by atoms with Crippen molar-refractivity contribution in [2.45, 2.75) is 13.0 Å². The van der Waals surface area contributed by atoms with Crippen LogP contribution in [0.3, 0.4) is 0 Å². The van der Waals surface area contributed by atoms with Crippen LogP contribution in [-0.4, -0.2) is 31.1 Å². The van der Waals surface area contributed by atoms with E-state index >= 15 is 0 Å². The van der Waals surface area contributed by atoms with E-state index < -0.39 is 11.6 Å². The molecule has 0 radical (unpaired) electrons. The van der Waals surface area contributed by atoms with Gasteiger partial charge in [0, 0.05) is 37.8 Å². The van der Waals surface area contributed by atoms with Gasteiger partial charge in [-0.2, -0.15) is 0 Å². The molecule has 6 heteroatoms. The Hall–Kier alpha value is -0.420. The molecule has 0 unspecified atom stereocenters. The summed E-state index contributed by atoms with van der Waals surface area (Å²) in [4.78, 5) is 2.05. The topological polar surface area (TPSA) is 15.3 Å². The zero-order valence-corrected chi connectivity index (χ0v) is 11.6. The fourth-order valence-corrected chi connectivity index (χ4v) is 2.34. The number of rotatable bonds is 2. The van der Waals surface area contributed by atoms with Crippen molar-refractivity contribution in [1.82, 2.24) is 10.2 Å². The molecule has 1 aromatic carbocycles. The highest BCUT2D eigenvalue weighted by Gasteiger charge is 2.24. The lowest BCUT2D eigenvalue weighted by atomic mass is 10.0. The summed E-state index contributed by atoms with van der Waals surface area (Å²) in [6.07, 6.45) is 0. The monoisotopic (exact) mass is 296 g/mol. The van der Waals surface area contributed by atoms with Gasteiger partial charge in [0.05, 0.1) is 5.02 Å². The summed E-state index contributed by atoms with van der Waals surface area (Å²) < 4.78 is 27.5. The Labute approximate surface area is 117 Å². The zero-order valence-electron chi connectivity index (χ0n) is 10.0. The Bertz CT molecular complexity index is 409.